The second-order valence-corrected chi connectivity index (χ2v) is 13.6. The topological polar surface area (TPSA) is 148 Å². The van der Waals surface area contributed by atoms with Crippen molar-refractivity contribution in [1.29, 1.82) is 0 Å². The van der Waals surface area contributed by atoms with Crippen LogP contribution in [-0.2, 0) is 20.1 Å². The zero-order chi connectivity index (χ0) is 32.2. The van der Waals surface area contributed by atoms with Crippen molar-refractivity contribution in [2.75, 3.05) is 57.4 Å². The summed E-state index contributed by atoms with van der Waals surface area (Å²) in [5, 5.41) is 18.8. The predicted octanol–water partition coefficient (Wildman–Crippen LogP) is 3.11. The molecule has 1 atom stereocenters. The Morgan fingerprint density at radius 1 is 0.795 bits per heavy atom. The number of nitrogens with zero attached hydrogens (tertiary/aromatic N) is 3. The summed E-state index contributed by atoms with van der Waals surface area (Å²) in [6.07, 6.45) is 5.21. The summed E-state index contributed by atoms with van der Waals surface area (Å²) in [5.41, 5.74) is 3.75. The molecule has 1 heterocycles. The predicted molar refractivity (Wildman–Crippen MR) is 170 cm³/mol. The minimum atomic E-state index is -4.93. The lowest BCUT2D eigenvalue weighted by atomic mass is 9.85. The Morgan fingerprint density at radius 2 is 1.41 bits per heavy atom. The molecule has 0 radical (unpaired) electrons. The van der Waals surface area contributed by atoms with Crippen molar-refractivity contribution >= 4 is 31.4 Å². The Morgan fingerprint density at radius 3 is 1.98 bits per heavy atom. The van der Waals surface area contributed by atoms with E-state index in [1.807, 2.05) is 36.4 Å². The summed E-state index contributed by atoms with van der Waals surface area (Å²) < 4.78 is 70.3. The third-order valence-electron chi connectivity index (χ3n) is 7.93. The molecule has 0 amide bonds. The van der Waals surface area contributed by atoms with Gasteiger partial charge in [0.05, 0.1) is 18.1 Å². The molecule has 0 saturated heterocycles. The number of aliphatic hydroxyl groups excluding tert-OH is 2. The van der Waals surface area contributed by atoms with Crippen molar-refractivity contribution in [3.05, 3.63) is 77.0 Å². The maximum absolute atomic E-state index is 13.4. The third kappa shape index (κ3) is 6.58. The summed E-state index contributed by atoms with van der Waals surface area (Å²) in [7, 11) is -9.25. The molecular weight excluding hydrogens is 606 g/mol. The Kier molecular flexibility index (Phi) is 10.6. The van der Waals surface area contributed by atoms with Crippen LogP contribution in [0.3, 0.4) is 0 Å². The minimum absolute atomic E-state index is 0.117. The molecule has 44 heavy (non-hydrogen) atoms. The van der Waals surface area contributed by atoms with E-state index in [9.17, 15) is 31.6 Å². The van der Waals surface area contributed by atoms with Gasteiger partial charge in [-0.3, -0.25) is 4.55 Å². The Hall–Kier alpha value is -3.20. The first-order valence-corrected chi connectivity index (χ1v) is 17.6. The standard InChI is InChI=1S/C31H41N3O8S2/c1-5-32(6-2)22-9-12-25-28(19-22)42-29-20-23(33(7-3)8-4)10-13-26(29)31(25)27-14-11-24(21-30(27)44(39,40)41)43(37,38)34(15-17-35)16-18-36/h9-14,19-21,28,35-36H,5-8,15-18H2,1-4H3,(H,39,40,41). The van der Waals surface area contributed by atoms with Crippen LogP contribution in [-0.4, -0.2) is 99.4 Å². The lowest BCUT2D eigenvalue weighted by molar-refractivity contribution is 0.217. The van der Waals surface area contributed by atoms with Gasteiger partial charge < -0.3 is 24.7 Å². The molecule has 2 aromatic carbocycles. The van der Waals surface area contributed by atoms with Crippen LogP contribution in [0.5, 0.6) is 5.75 Å². The average Bonchev–Trinajstić information content (AvgIpc) is 3.00. The maximum Gasteiger partial charge on any atom is 0.295 e. The molecule has 0 spiro atoms. The van der Waals surface area contributed by atoms with Crippen LogP contribution in [0, 0.1) is 0 Å². The van der Waals surface area contributed by atoms with Gasteiger partial charge >= 0.3 is 0 Å². The molecule has 0 aromatic heterocycles. The van der Waals surface area contributed by atoms with Crippen LogP contribution in [0.15, 0.2) is 75.7 Å². The zero-order valence-corrected chi connectivity index (χ0v) is 27.1. The molecule has 0 saturated carbocycles. The fraction of sp³-hybridized carbons (Fsp3) is 0.419. The zero-order valence-electron chi connectivity index (χ0n) is 25.5. The molecule has 1 unspecified atom stereocenters. The van der Waals surface area contributed by atoms with Gasteiger partial charge in [-0.25, -0.2) is 8.42 Å². The SMILES string of the molecule is CCN(CC)C1=CC2Oc3cc(N(CC)CC)ccc3C(c3ccc(S(=O)(=O)N(CCO)CCO)cc3S(=O)(=O)O)=C2C=C1. The van der Waals surface area contributed by atoms with Crippen molar-refractivity contribution in [3.8, 4) is 5.75 Å². The fourth-order valence-electron chi connectivity index (χ4n) is 5.69. The normalized spacial score (nSPS) is 16.4. The molecule has 0 bridgehead atoms. The maximum atomic E-state index is 13.4. The highest BCUT2D eigenvalue weighted by molar-refractivity contribution is 7.89. The molecule has 13 heteroatoms. The second-order valence-electron chi connectivity index (χ2n) is 10.3. The first-order valence-electron chi connectivity index (χ1n) is 14.7. The van der Waals surface area contributed by atoms with Crippen LogP contribution in [0.2, 0.25) is 0 Å². The van der Waals surface area contributed by atoms with E-state index in [1.54, 1.807) is 0 Å². The van der Waals surface area contributed by atoms with Gasteiger partial charge in [-0.2, -0.15) is 12.7 Å². The molecule has 0 fully saturated rings. The number of aliphatic hydroxyl groups is 2. The van der Waals surface area contributed by atoms with Crippen LogP contribution in [0.4, 0.5) is 5.69 Å². The van der Waals surface area contributed by atoms with Crippen LogP contribution in [0.25, 0.3) is 5.57 Å². The highest BCUT2D eigenvalue weighted by Gasteiger charge is 2.34. The minimum Gasteiger partial charge on any atom is -0.481 e. The van der Waals surface area contributed by atoms with Gasteiger partial charge in [-0.15, -0.1) is 0 Å². The van der Waals surface area contributed by atoms with Crippen molar-refractivity contribution in [3.63, 3.8) is 0 Å². The monoisotopic (exact) mass is 647 g/mol. The number of hydrogen-bond donors (Lipinski definition) is 3. The summed E-state index contributed by atoms with van der Waals surface area (Å²) in [4.78, 5) is 3.35. The summed E-state index contributed by atoms with van der Waals surface area (Å²) in [6.45, 7) is 9.72. The fourth-order valence-corrected chi connectivity index (χ4v) is 7.94. The molecule has 1 aliphatic carbocycles. The molecule has 2 aromatic rings. The van der Waals surface area contributed by atoms with Crippen molar-refractivity contribution in [2.45, 2.75) is 43.6 Å². The smallest absolute Gasteiger partial charge is 0.295 e. The lowest BCUT2D eigenvalue weighted by Gasteiger charge is -2.34. The number of anilines is 1. The van der Waals surface area contributed by atoms with E-state index in [2.05, 4.69) is 37.5 Å². The van der Waals surface area contributed by atoms with E-state index in [4.69, 9.17) is 4.74 Å². The molecule has 4 rings (SSSR count). The van der Waals surface area contributed by atoms with Crippen LogP contribution >= 0.6 is 0 Å². The van der Waals surface area contributed by atoms with Crippen molar-refractivity contribution in [2.24, 2.45) is 0 Å². The van der Waals surface area contributed by atoms with Gasteiger partial charge in [0.15, 0.2) is 0 Å². The highest BCUT2D eigenvalue weighted by Crippen LogP contribution is 2.45. The molecule has 1 aliphatic heterocycles. The van der Waals surface area contributed by atoms with Gasteiger partial charge in [-0.1, -0.05) is 12.1 Å². The van der Waals surface area contributed by atoms with Gasteiger partial charge in [0, 0.05) is 79.0 Å². The van der Waals surface area contributed by atoms with E-state index in [-0.39, 0.29) is 18.7 Å². The van der Waals surface area contributed by atoms with Crippen molar-refractivity contribution in [1.82, 2.24) is 9.21 Å². The van der Waals surface area contributed by atoms with E-state index >= 15 is 0 Å². The molecule has 240 valence electrons. The number of sulfonamides is 1. The summed E-state index contributed by atoms with van der Waals surface area (Å²) in [5.74, 6) is 0.527. The van der Waals surface area contributed by atoms with E-state index in [0.717, 1.165) is 47.9 Å². The number of fused-ring (bicyclic) bond motifs is 2. The van der Waals surface area contributed by atoms with Gasteiger partial charge in [0.25, 0.3) is 10.1 Å². The number of rotatable bonds is 14. The Labute approximate surface area is 260 Å². The van der Waals surface area contributed by atoms with Gasteiger partial charge in [0.1, 0.15) is 16.7 Å². The lowest BCUT2D eigenvalue weighted by Crippen LogP contribution is -2.36. The first kappa shape index (κ1) is 33.7. The largest absolute Gasteiger partial charge is 0.481 e. The Balaban J connectivity index is 1.98. The van der Waals surface area contributed by atoms with Crippen LogP contribution in [0.1, 0.15) is 38.8 Å². The number of allylic oxidation sites excluding steroid dienone is 1. The van der Waals surface area contributed by atoms with E-state index < -0.39 is 49.3 Å². The quantitative estimate of drug-likeness (QED) is 0.261. The second kappa shape index (κ2) is 13.8. The van der Waals surface area contributed by atoms with Crippen LogP contribution < -0.4 is 9.64 Å². The molecule has 11 nitrogen and oxygen atoms in total. The molecule has 3 N–H and O–H groups in total. The number of benzene rings is 2. The summed E-state index contributed by atoms with van der Waals surface area (Å²) in [6, 6.07) is 9.25. The van der Waals surface area contributed by atoms with Crippen molar-refractivity contribution < 1.29 is 36.3 Å². The highest BCUT2D eigenvalue weighted by atomic mass is 32.2. The molecular formula is C31H41N3O8S2. The average molecular weight is 648 g/mol. The third-order valence-corrected chi connectivity index (χ3v) is 10.7. The van der Waals surface area contributed by atoms with Gasteiger partial charge in [-0.05, 0) is 64.1 Å². The first-order chi connectivity index (χ1) is 20.9. The van der Waals surface area contributed by atoms with E-state index in [1.165, 1.54) is 12.1 Å². The summed E-state index contributed by atoms with van der Waals surface area (Å²) >= 11 is 0. The van der Waals surface area contributed by atoms with Gasteiger partial charge in [0.2, 0.25) is 10.0 Å². The number of likely N-dealkylation sites (N-methyl/N-ethyl adjacent to an activating group) is 1. The van der Waals surface area contributed by atoms with E-state index in [0.29, 0.717) is 22.5 Å². The molecule has 2 aliphatic rings. The number of ether oxygens (including phenoxy) is 1. The number of hydrogen-bond acceptors (Lipinski definition) is 9. The Bertz CT molecular complexity index is 1670.